The topological polar surface area (TPSA) is 84.4 Å². The number of hydrogen-bond acceptors (Lipinski definition) is 6. The lowest BCUT2D eigenvalue weighted by Crippen LogP contribution is -2.50. The van der Waals surface area contributed by atoms with Gasteiger partial charge in [-0.2, -0.15) is 9.37 Å². The van der Waals surface area contributed by atoms with Gasteiger partial charge in [0.25, 0.3) is 5.88 Å². The summed E-state index contributed by atoms with van der Waals surface area (Å²) in [5.41, 5.74) is -0.264. The Balaban J connectivity index is 1.71. The van der Waals surface area contributed by atoms with Gasteiger partial charge in [0.15, 0.2) is 0 Å². The fourth-order valence-corrected chi connectivity index (χ4v) is 3.16. The van der Waals surface area contributed by atoms with Crippen LogP contribution in [0.4, 0.5) is 10.3 Å². The van der Waals surface area contributed by atoms with E-state index in [0.717, 1.165) is 6.20 Å². The second-order valence-corrected chi connectivity index (χ2v) is 5.84. The Hall–Kier alpha value is -2.25. The molecule has 0 bridgehead atoms. The smallest absolute Gasteiger partial charge is 0.255 e. The Morgan fingerprint density at radius 2 is 1.91 bits per heavy atom. The van der Waals surface area contributed by atoms with Crippen LogP contribution in [-0.2, 0) is 9.59 Å². The second-order valence-electron chi connectivity index (χ2n) is 5.84. The molecular weight excluding hydrogens is 291 g/mol. The molecule has 8 heteroatoms. The number of rotatable bonds is 2. The lowest BCUT2D eigenvalue weighted by molar-refractivity contribution is -0.138. The van der Waals surface area contributed by atoms with Crippen LogP contribution in [0, 0.1) is 11.2 Å². The average Bonchev–Trinajstić information content (AvgIpc) is 2.47. The van der Waals surface area contributed by atoms with E-state index in [-0.39, 0.29) is 23.1 Å². The van der Waals surface area contributed by atoms with E-state index in [2.05, 4.69) is 15.3 Å². The van der Waals surface area contributed by atoms with Gasteiger partial charge in [-0.05, 0) is 18.3 Å². The van der Waals surface area contributed by atoms with Crippen molar-refractivity contribution in [1.29, 1.82) is 0 Å². The third kappa shape index (κ3) is 2.72. The number of nitrogens with one attached hydrogen (secondary N) is 1. The number of amides is 2. The van der Waals surface area contributed by atoms with Crippen molar-refractivity contribution in [2.45, 2.75) is 25.7 Å². The summed E-state index contributed by atoms with van der Waals surface area (Å²) < 4.78 is 18.2. The van der Waals surface area contributed by atoms with Gasteiger partial charge in [-0.1, -0.05) is 0 Å². The molecule has 22 heavy (non-hydrogen) atoms. The molecule has 118 valence electrons. The van der Waals surface area contributed by atoms with Gasteiger partial charge in [-0.3, -0.25) is 14.9 Å². The molecular formula is C14H17FN4O3. The number of methoxy groups -OCH3 is 1. The van der Waals surface area contributed by atoms with Gasteiger partial charge in [-0.25, -0.2) is 4.98 Å². The molecule has 0 aliphatic carbocycles. The predicted octanol–water partition coefficient (Wildman–Crippen LogP) is 0.647. The zero-order valence-electron chi connectivity index (χ0n) is 12.3. The molecule has 1 aromatic heterocycles. The monoisotopic (exact) mass is 308 g/mol. The summed E-state index contributed by atoms with van der Waals surface area (Å²) in [6.45, 7) is 1.24. The number of halogens is 1. The largest absolute Gasteiger partial charge is 0.479 e. The number of anilines is 1. The minimum Gasteiger partial charge on any atom is -0.479 e. The average molecular weight is 308 g/mol. The highest BCUT2D eigenvalue weighted by molar-refractivity contribution is 5.98. The van der Waals surface area contributed by atoms with Crippen molar-refractivity contribution in [3.63, 3.8) is 0 Å². The predicted molar refractivity (Wildman–Crippen MR) is 74.8 cm³/mol. The molecule has 2 fully saturated rings. The lowest BCUT2D eigenvalue weighted by Gasteiger charge is -2.42. The molecule has 0 aromatic carbocycles. The molecule has 3 rings (SSSR count). The first-order chi connectivity index (χ1) is 10.5. The van der Waals surface area contributed by atoms with Crippen molar-refractivity contribution < 1.29 is 18.7 Å². The highest BCUT2D eigenvalue weighted by Gasteiger charge is 2.42. The van der Waals surface area contributed by atoms with E-state index in [4.69, 9.17) is 4.74 Å². The van der Waals surface area contributed by atoms with Crippen molar-refractivity contribution in [2.75, 3.05) is 25.1 Å². The van der Waals surface area contributed by atoms with Crippen LogP contribution in [0.25, 0.3) is 0 Å². The maximum Gasteiger partial charge on any atom is 0.255 e. The Bertz CT molecular complexity index is 596. The third-order valence-corrected chi connectivity index (χ3v) is 4.35. The number of carbonyl (C=O) groups excluding carboxylic acids is 2. The summed E-state index contributed by atoms with van der Waals surface area (Å²) in [6.07, 6.45) is 3.24. The SMILES string of the molecule is COc1nc(N2CCC3(CC2)CC(=O)NC(=O)C3)ncc1F. The van der Waals surface area contributed by atoms with Gasteiger partial charge >= 0.3 is 0 Å². The molecule has 2 amide bonds. The van der Waals surface area contributed by atoms with Crippen molar-refractivity contribution >= 4 is 17.8 Å². The van der Waals surface area contributed by atoms with Crippen LogP contribution in [0.15, 0.2) is 6.20 Å². The van der Waals surface area contributed by atoms with Gasteiger partial charge in [0.1, 0.15) is 0 Å². The molecule has 1 aromatic rings. The van der Waals surface area contributed by atoms with Crippen LogP contribution in [0.2, 0.25) is 0 Å². The summed E-state index contributed by atoms with van der Waals surface area (Å²) in [5, 5.41) is 2.34. The molecule has 0 atom stereocenters. The Morgan fingerprint density at radius 1 is 1.27 bits per heavy atom. The first-order valence-electron chi connectivity index (χ1n) is 7.15. The minimum absolute atomic E-state index is 0.0856. The Morgan fingerprint density at radius 3 is 2.50 bits per heavy atom. The van der Waals surface area contributed by atoms with Crippen molar-refractivity contribution in [3.8, 4) is 5.88 Å². The van der Waals surface area contributed by atoms with E-state index in [1.165, 1.54) is 7.11 Å². The number of carbonyl (C=O) groups is 2. The summed E-state index contributed by atoms with van der Waals surface area (Å²) >= 11 is 0. The fourth-order valence-electron chi connectivity index (χ4n) is 3.16. The number of ether oxygens (including phenoxy) is 1. The normalized spacial score (nSPS) is 20.9. The van der Waals surface area contributed by atoms with E-state index in [0.29, 0.717) is 44.7 Å². The summed E-state index contributed by atoms with van der Waals surface area (Å²) in [7, 11) is 1.35. The molecule has 1 N–H and O–H groups in total. The highest BCUT2D eigenvalue weighted by Crippen LogP contribution is 2.40. The van der Waals surface area contributed by atoms with Gasteiger partial charge in [0, 0.05) is 25.9 Å². The van der Waals surface area contributed by atoms with Gasteiger partial charge in [-0.15, -0.1) is 0 Å². The van der Waals surface area contributed by atoms with E-state index in [1.54, 1.807) is 0 Å². The number of piperidine rings is 2. The van der Waals surface area contributed by atoms with Crippen LogP contribution >= 0.6 is 0 Å². The summed E-state index contributed by atoms with van der Waals surface area (Å²) in [5.74, 6) is -0.694. The van der Waals surface area contributed by atoms with Crippen LogP contribution in [0.1, 0.15) is 25.7 Å². The van der Waals surface area contributed by atoms with Crippen LogP contribution in [0.5, 0.6) is 5.88 Å². The van der Waals surface area contributed by atoms with E-state index in [1.807, 2.05) is 4.90 Å². The van der Waals surface area contributed by atoms with E-state index >= 15 is 0 Å². The molecule has 0 saturated carbocycles. The molecule has 0 unspecified atom stereocenters. The number of imide groups is 1. The van der Waals surface area contributed by atoms with Gasteiger partial charge in [0.2, 0.25) is 23.6 Å². The van der Waals surface area contributed by atoms with Crippen molar-refractivity contribution in [2.24, 2.45) is 5.41 Å². The van der Waals surface area contributed by atoms with E-state index in [9.17, 15) is 14.0 Å². The van der Waals surface area contributed by atoms with Gasteiger partial charge < -0.3 is 9.64 Å². The second kappa shape index (κ2) is 5.51. The first kappa shape index (κ1) is 14.7. The van der Waals surface area contributed by atoms with Crippen LogP contribution in [0.3, 0.4) is 0 Å². The number of hydrogen-bond donors (Lipinski definition) is 1. The number of nitrogens with zero attached hydrogens (tertiary/aromatic N) is 3. The molecule has 1 spiro atoms. The number of aromatic nitrogens is 2. The minimum atomic E-state index is -0.603. The van der Waals surface area contributed by atoms with E-state index < -0.39 is 5.82 Å². The molecule has 7 nitrogen and oxygen atoms in total. The molecule has 2 aliphatic heterocycles. The Kier molecular flexibility index (Phi) is 3.67. The summed E-state index contributed by atoms with van der Waals surface area (Å²) in [6, 6.07) is 0. The van der Waals surface area contributed by atoms with Crippen LogP contribution in [-0.4, -0.2) is 42.0 Å². The molecule has 2 saturated heterocycles. The maximum absolute atomic E-state index is 13.4. The molecule has 3 heterocycles. The van der Waals surface area contributed by atoms with Gasteiger partial charge in [0.05, 0.1) is 13.3 Å². The van der Waals surface area contributed by atoms with Crippen molar-refractivity contribution in [1.82, 2.24) is 15.3 Å². The van der Waals surface area contributed by atoms with Crippen molar-refractivity contribution in [3.05, 3.63) is 12.0 Å². The zero-order chi connectivity index (χ0) is 15.7. The lowest BCUT2D eigenvalue weighted by atomic mass is 9.71. The fraction of sp³-hybridized carbons (Fsp3) is 0.571. The first-order valence-corrected chi connectivity index (χ1v) is 7.15. The molecule has 0 radical (unpaired) electrons. The Labute approximate surface area is 126 Å². The standard InChI is InChI=1S/C14H17FN4O3/c1-22-12-9(15)8-16-13(18-12)19-4-2-14(3-5-19)6-10(20)17-11(21)7-14/h8H,2-7H2,1H3,(H,17,20,21). The summed E-state index contributed by atoms with van der Waals surface area (Å²) in [4.78, 5) is 33.1. The van der Waals surface area contributed by atoms with Crippen LogP contribution < -0.4 is 15.0 Å². The maximum atomic E-state index is 13.4. The quantitative estimate of drug-likeness (QED) is 0.808. The molecule has 2 aliphatic rings. The third-order valence-electron chi connectivity index (χ3n) is 4.35. The highest BCUT2D eigenvalue weighted by atomic mass is 19.1. The zero-order valence-corrected chi connectivity index (χ0v) is 12.3.